The van der Waals surface area contributed by atoms with Crippen molar-refractivity contribution in [3.05, 3.63) is 45.4 Å². The molecule has 1 aromatic heterocycles. The van der Waals surface area contributed by atoms with Gasteiger partial charge in [0.25, 0.3) is 0 Å². The van der Waals surface area contributed by atoms with Crippen molar-refractivity contribution in [1.82, 2.24) is 15.6 Å². The monoisotopic (exact) mass is 474 g/mol. The van der Waals surface area contributed by atoms with Crippen LogP contribution in [-0.2, 0) is 13.0 Å². The number of nitrogens with zero attached hydrogens (tertiary/aromatic N) is 2. The van der Waals surface area contributed by atoms with Crippen molar-refractivity contribution in [2.24, 2.45) is 4.99 Å². The molecular formula is C18H27IN4OS. The molecule has 2 aromatic rings. The molecule has 1 aromatic carbocycles. The van der Waals surface area contributed by atoms with Crippen molar-refractivity contribution >= 4 is 41.3 Å². The van der Waals surface area contributed by atoms with Crippen molar-refractivity contribution in [2.75, 3.05) is 20.7 Å². The van der Waals surface area contributed by atoms with Crippen LogP contribution in [0.5, 0.6) is 5.75 Å². The average Bonchev–Trinajstić information content (AvgIpc) is 2.92. The zero-order valence-electron chi connectivity index (χ0n) is 15.3. The molecule has 0 aliphatic rings. The number of rotatable bonds is 7. The van der Waals surface area contributed by atoms with Crippen LogP contribution in [0.2, 0.25) is 0 Å². The molecule has 0 unspecified atom stereocenters. The Bertz CT molecular complexity index is 670. The van der Waals surface area contributed by atoms with Crippen molar-refractivity contribution in [1.29, 1.82) is 0 Å². The first-order chi connectivity index (χ1) is 11.6. The number of nitrogens with one attached hydrogen (secondary N) is 2. The summed E-state index contributed by atoms with van der Waals surface area (Å²) in [5.74, 6) is 1.73. The predicted octanol–water partition coefficient (Wildman–Crippen LogP) is 3.68. The minimum atomic E-state index is 0. The molecule has 0 amide bonds. The Kier molecular flexibility index (Phi) is 9.81. The Morgan fingerprint density at radius 1 is 1.20 bits per heavy atom. The minimum Gasteiger partial charge on any atom is -0.497 e. The van der Waals surface area contributed by atoms with Gasteiger partial charge in [0.15, 0.2) is 5.96 Å². The van der Waals surface area contributed by atoms with Gasteiger partial charge >= 0.3 is 0 Å². The van der Waals surface area contributed by atoms with Crippen LogP contribution < -0.4 is 15.4 Å². The van der Waals surface area contributed by atoms with Crippen LogP contribution in [0.3, 0.4) is 0 Å². The zero-order valence-corrected chi connectivity index (χ0v) is 18.4. The van der Waals surface area contributed by atoms with Gasteiger partial charge in [0, 0.05) is 18.5 Å². The second kappa shape index (κ2) is 11.3. The number of hydrogen-bond acceptors (Lipinski definition) is 4. The number of methoxy groups -OCH3 is 1. The molecule has 0 spiro atoms. The molecule has 0 bridgehead atoms. The standard InChI is InChI=1S/C18H26N4OS.HI/c1-13-17(24-14(2)22-13)12-21-18(19-3)20-11-5-6-15-7-9-16(23-4)10-8-15;/h7-10H,5-6,11-12H2,1-4H3,(H2,19,20,21);1H. The van der Waals surface area contributed by atoms with Gasteiger partial charge in [0.1, 0.15) is 5.75 Å². The van der Waals surface area contributed by atoms with Gasteiger partial charge in [-0.25, -0.2) is 4.98 Å². The second-order valence-electron chi connectivity index (χ2n) is 5.55. The van der Waals surface area contributed by atoms with Crippen LogP contribution in [0.15, 0.2) is 29.3 Å². The highest BCUT2D eigenvalue weighted by atomic mass is 127. The fraction of sp³-hybridized carbons (Fsp3) is 0.444. The van der Waals surface area contributed by atoms with Gasteiger partial charge in [-0.1, -0.05) is 12.1 Å². The molecule has 0 aliphatic heterocycles. The second-order valence-corrected chi connectivity index (χ2v) is 6.83. The fourth-order valence-corrected chi connectivity index (χ4v) is 3.29. The molecule has 1 heterocycles. The van der Waals surface area contributed by atoms with Gasteiger partial charge in [0.2, 0.25) is 0 Å². The summed E-state index contributed by atoms with van der Waals surface area (Å²) >= 11 is 1.73. The lowest BCUT2D eigenvalue weighted by molar-refractivity contribution is 0.414. The van der Waals surface area contributed by atoms with Gasteiger partial charge in [0.05, 0.1) is 24.4 Å². The van der Waals surface area contributed by atoms with Crippen molar-refractivity contribution in [3.8, 4) is 5.75 Å². The summed E-state index contributed by atoms with van der Waals surface area (Å²) in [6.07, 6.45) is 2.08. The highest BCUT2D eigenvalue weighted by Crippen LogP contribution is 2.16. The summed E-state index contributed by atoms with van der Waals surface area (Å²) < 4.78 is 5.17. The fourth-order valence-electron chi connectivity index (χ4n) is 2.41. The van der Waals surface area contributed by atoms with Crippen LogP contribution in [0.25, 0.3) is 0 Å². The molecule has 5 nitrogen and oxygen atoms in total. The summed E-state index contributed by atoms with van der Waals surface area (Å²) in [5, 5.41) is 7.81. The van der Waals surface area contributed by atoms with E-state index in [1.54, 1.807) is 25.5 Å². The van der Waals surface area contributed by atoms with Crippen LogP contribution in [0, 0.1) is 13.8 Å². The summed E-state index contributed by atoms with van der Waals surface area (Å²) in [4.78, 5) is 9.97. The predicted molar refractivity (Wildman–Crippen MR) is 117 cm³/mol. The van der Waals surface area contributed by atoms with Crippen molar-refractivity contribution in [3.63, 3.8) is 0 Å². The Morgan fingerprint density at radius 3 is 2.48 bits per heavy atom. The minimum absolute atomic E-state index is 0. The first kappa shape index (κ1) is 21.7. The van der Waals surface area contributed by atoms with E-state index in [2.05, 4.69) is 32.7 Å². The smallest absolute Gasteiger partial charge is 0.191 e. The Hall–Kier alpha value is -1.35. The number of aromatic nitrogens is 1. The summed E-state index contributed by atoms with van der Waals surface area (Å²) in [7, 11) is 3.48. The van der Waals surface area contributed by atoms with Crippen LogP contribution in [0.1, 0.15) is 27.6 Å². The van der Waals surface area contributed by atoms with E-state index in [-0.39, 0.29) is 24.0 Å². The first-order valence-electron chi connectivity index (χ1n) is 8.12. The van der Waals surface area contributed by atoms with Gasteiger partial charge in [-0.2, -0.15) is 0 Å². The molecule has 2 N–H and O–H groups in total. The highest BCUT2D eigenvalue weighted by Gasteiger charge is 2.05. The Labute approximate surface area is 171 Å². The zero-order chi connectivity index (χ0) is 17.4. The van der Waals surface area contributed by atoms with E-state index >= 15 is 0 Å². The number of aryl methyl sites for hydroxylation is 3. The molecule has 25 heavy (non-hydrogen) atoms. The maximum Gasteiger partial charge on any atom is 0.191 e. The summed E-state index contributed by atoms with van der Waals surface area (Å²) in [6.45, 7) is 5.72. The maximum atomic E-state index is 5.17. The number of guanidine groups is 1. The largest absolute Gasteiger partial charge is 0.497 e. The lowest BCUT2D eigenvalue weighted by Gasteiger charge is -2.11. The number of thiazole rings is 1. The maximum absolute atomic E-state index is 5.17. The molecule has 0 atom stereocenters. The summed E-state index contributed by atoms with van der Waals surface area (Å²) in [5.41, 5.74) is 2.41. The third kappa shape index (κ3) is 7.19. The number of benzene rings is 1. The van der Waals surface area contributed by atoms with Gasteiger partial charge in [-0.3, -0.25) is 4.99 Å². The normalized spacial score (nSPS) is 11.0. The van der Waals surface area contributed by atoms with Gasteiger partial charge in [-0.15, -0.1) is 35.3 Å². The molecule has 0 fully saturated rings. The third-order valence-electron chi connectivity index (χ3n) is 3.73. The number of aliphatic imine (C=N–C) groups is 1. The molecule has 138 valence electrons. The Morgan fingerprint density at radius 2 is 1.92 bits per heavy atom. The van der Waals surface area contributed by atoms with Crippen molar-refractivity contribution < 1.29 is 4.74 Å². The van der Waals surface area contributed by atoms with Gasteiger partial charge in [-0.05, 0) is 44.4 Å². The molecular weight excluding hydrogens is 447 g/mol. The average molecular weight is 474 g/mol. The van der Waals surface area contributed by atoms with E-state index < -0.39 is 0 Å². The van der Waals surface area contributed by atoms with E-state index in [4.69, 9.17) is 4.74 Å². The Balaban J connectivity index is 0.00000312. The molecule has 0 saturated heterocycles. The van der Waals surface area contributed by atoms with E-state index in [1.807, 2.05) is 26.0 Å². The van der Waals surface area contributed by atoms with E-state index in [0.717, 1.165) is 48.3 Å². The number of hydrogen-bond donors (Lipinski definition) is 2. The van der Waals surface area contributed by atoms with Crippen molar-refractivity contribution in [2.45, 2.75) is 33.2 Å². The SMILES string of the molecule is CN=C(NCCCc1ccc(OC)cc1)NCc1sc(C)nc1C.I. The quantitative estimate of drug-likeness (QED) is 0.278. The van der Waals surface area contributed by atoms with Crippen LogP contribution in [-0.4, -0.2) is 31.6 Å². The first-order valence-corrected chi connectivity index (χ1v) is 8.94. The van der Waals surface area contributed by atoms with Crippen LogP contribution in [0.4, 0.5) is 0 Å². The molecule has 0 radical (unpaired) electrons. The van der Waals surface area contributed by atoms with Gasteiger partial charge < -0.3 is 15.4 Å². The lowest BCUT2D eigenvalue weighted by Crippen LogP contribution is -2.37. The van der Waals surface area contributed by atoms with E-state index in [1.165, 1.54) is 10.4 Å². The van der Waals surface area contributed by atoms with E-state index in [9.17, 15) is 0 Å². The number of halogens is 1. The molecule has 7 heteroatoms. The molecule has 0 aliphatic carbocycles. The van der Waals surface area contributed by atoms with Crippen LogP contribution >= 0.6 is 35.3 Å². The third-order valence-corrected chi connectivity index (χ3v) is 4.81. The molecule has 2 rings (SSSR count). The highest BCUT2D eigenvalue weighted by molar-refractivity contribution is 14.0. The topological polar surface area (TPSA) is 58.5 Å². The van der Waals surface area contributed by atoms with E-state index in [0.29, 0.717) is 0 Å². The number of ether oxygens (including phenoxy) is 1. The summed E-state index contributed by atoms with van der Waals surface area (Å²) in [6, 6.07) is 8.23. The lowest BCUT2D eigenvalue weighted by atomic mass is 10.1. The molecule has 0 saturated carbocycles.